The third-order valence-corrected chi connectivity index (χ3v) is 7.78. The number of hydrogen-bond donors (Lipinski definition) is 0. The van der Waals surface area contributed by atoms with Gasteiger partial charge < -0.3 is 9.80 Å². The second-order valence-corrected chi connectivity index (χ2v) is 9.70. The van der Waals surface area contributed by atoms with Crippen LogP contribution >= 0.6 is 23.4 Å². The summed E-state index contributed by atoms with van der Waals surface area (Å²) >= 11 is 7.64. The summed E-state index contributed by atoms with van der Waals surface area (Å²) in [5, 5.41) is 11.1. The fraction of sp³-hybridized carbons (Fsp3) is 0.364. The molecule has 1 spiro atoms. The van der Waals surface area contributed by atoms with Crippen LogP contribution in [0.25, 0.3) is 0 Å². The van der Waals surface area contributed by atoms with E-state index in [2.05, 4.69) is 0 Å². The molecule has 2 fully saturated rings. The van der Waals surface area contributed by atoms with Gasteiger partial charge in [-0.2, -0.15) is 0 Å². The van der Waals surface area contributed by atoms with Gasteiger partial charge in [0.1, 0.15) is 5.02 Å². The highest BCUT2D eigenvalue weighted by molar-refractivity contribution is 8.00. The molecule has 2 aromatic carbocycles. The molecule has 2 aromatic rings. The average Bonchev–Trinajstić information content (AvgIpc) is 3.16. The van der Waals surface area contributed by atoms with Gasteiger partial charge in [0, 0.05) is 42.6 Å². The molecule has 2 saturated heterocycles. The molecule has 4 rings (SSSR count). The fourth-order valence-electron chi connectivity index (χ4n) is 4.27. The molecule has 2 amide bonds. The summed E-state index contributed by atoms with van der Waals surface area (Å²) < 4.78 is 0. The van der Waals surface area contributed by atoms with Gasteiger partial charge in [-0.15, -0.1) is 11.8 Å². The van der Waals surface area contributed by atoms with Crippen molar-refractivity contribution in [3.63, 3.8) is 0 Å². The topological polar surface area (TPSA) is 83.8 Å². The molecule has 0 radical (unpaired) electrons. The Kier molecular flexibility index (Phi) is 5.94. The largest absolute Gasteiger partial charge is 0.338 e. The number of nitro groups is 1. The number of thioether (sulfide) groups is 1. The Bertz CT molecular complexity index is 1050. The minimum Gasteiger partial charge on any atom is -0.338 e. The summed E-state index contributed by atoms with van der Waals surface area (Å²) in [5.41, 5.74) is 1.71. The Balaban J connectivity index is 1.48. The van der Waals surface area contributed by atoms with E-state index >= 15 is 0 Å². The number of aryl methyl sites for hydroxylation is 1. The molecule has 2 heterocycles. The SMILES string of the molecule is Cc1cccc(C(=O)N2CCSC23CCN(C(=O)c2ccc(Cl)c([N+](=O)[O-])c2)CC3)c1. The quantitative estimate of drug-likeness (QED) is 0.502. The van der Waals surface area contributed by atoms with Crippen LogP contribution in [0.3, 0.4) is 0 Å². The van der Waals surface area contributed by atoms with Gasteiger partial charge in [-0.05, 0) is 44.0 Å². The predicted molar refractivity (Wildman–Crippen MR) is 121 cm³/mol. The van der Waals surface area contributed by atoms with Crippen LogP contribution in [-0.2, 0) is 0 Å². The summed E-state index contributed by atoms with van der Waals surface area (Å²) in [4.78, 5) is 40.0. The fourth-order valence-corrected chi connectivity index (χ4v) is 5.91. The van der Waals surface area contributed by atoms with Gasteiger partial charge in [0.2, 0.25) is 0 Å². The van der Waals surface area contributed by atoms with Crippen molar-refractivity contribution in [2.24, 2.45) is 0 Å². The zero-order chi connectivity index (χ0) is 22.2. The Morgan fingerprint density at radius 2 is 1.77 bits per heavy atom. The van der Waals surface area contributed by atoms with E-state index in [0.717, 1.165) is 11.3 Å². The number of halogens is 1. The Morgan fingerprint density at radius 1 is 1.06 bits per heavy atom. The van der Waals surface area contributed by atoms with Crippen molar-refractivity contribution in [1.29, 1.82) is 0 Å². The second kappa shape index (κ2) is 8.51. The molecular formula is C22H22ClN3O4S. The van der Waals surface area contributed by atoms with E-state index in [1.54, 1.807) is 16.7 Å². The van der Waals surface area contributed by atoms with Crippen LogP contribution in [0, 0.1) is 17.0 Å². The van der Waals surface area contributed by atoms with Gasteiger partial charge in [0.25, 0.3) is 17.5 Å². The van der Waals surface area contributed by atoms with E-state index in [1.807, 2.05) is 36.1 Å². The zero-order valence-corrected chi connectivity index (χ0v) is 18.6. The highest BCUT2D eigenvalue weighted by atomic mass is 35.5. The van der Waals surface area contributed by atoms with Crippen molar-refractivity contribution in [1.82, 2.24) is 9.80 Å². The van der Waals surface area contributed by atoms with Crippen LogP contribution in [0.15, 0.2) is 42.5 Å². The van der Waals surface area contributed by atoms with Crippen molar-refractivity contribution in [2.45, 2.75) is 24.6 Å². The van der Waals surface area contributed by atoms with Gasteiger partial charge in [0.05, 0.1) is 9.79 Å². The number of piperidine rings is 1. The summed E-state index contributed by atoms with van der Waals surface area (Å²) in [5.74, 6) is 0.644. The van der Waals surface area contributed by atoms with Crippen molar-refractivity contribution in [3.8, 4) is 0 Å². The van der Waals surface area contributed by atoms with E-state index in [-0.39, 0.29) is 33.0 Å². The Labute approximate surface area is 189 Å². The van der Waals surface area contributed by atoms with Gasteiger partial charge in [-0.1, -0.05) is 29.3 Å². The molecule has 0 saturated carbocycles. The first-order valence-electron chi connectivity index (χ1n) is 10.1. The van der Waals surface area contributed by atoms with Crippen LogP contribution in [0.2, 0.25) is 5.02 Å². The molecule has 2 aliphatic heterocycles. The zero-order valence-electron chi connectivity index (χ0n) is 17.0. The maximum Gasteiger partial charge on any atom is 0.288 e. The predicted octanol–water partition coefficient (Wildman–Crippen LogP) is 4.38. The number of hydrogen-bond acceptors (Lipinski definition) is 5. The third kappa shape index (κ3) is 4.14. The number of amides is 2. The Morgan fingerprint density at radius 3 is 2.45 bits per heavy atom. The first kappa shape index (κ1) is 21.6. The minimum absolute atomic E-state index is 0.00630. The van der Waals surface area contributed by atoms with Crippen LogP contribution < -0.4 is 0 Å². The molecule has 0 aromatic heterocycles. The van der Waals surface area contributed by atoms with Crippen molar-refractivity contribution >= 4 is 40.9 Å². The molecular weight excluding hydrogens is 438 g/mol. The van der Waals surface area contributed by atoms with E-state index in [0.29, 0.717) is 38.0 Å². The number of nitrogens with zero attached hydrogens (tertiary/aromatic N) is 3. The van der Waals surface area contributed by atoms with Crippen LogP contribution in [-0.4, -0.2) is 56.8 Å². The molecule has 0 aliphatic carbocycles. The van der Waals surface area contributed by atoms with Crippen LogP contribution in [0.4, 0.5) is 5.69 Å². The number of benzene rings is 2. The van der Waals surface area contributed by atoms with E-state index in [9.17, 15) is 19.7 Å². The summed E-state index contributed by atoms with van der Waals surface area (Å²) in [6.45, 7) is 3.63. The lowest BCUT2D eigenvalue weighted by Crippen LogP contribution is -2.53. The highest BCUT2D eigenvalue weighted by Gasteiger charge is 2.47. The number of nitro benzene ring substituents is 1. The second-order valence-electron chi connectivity index (χ2n) is 7.84. The maximum atomic E-state index is 13.2. The molecule has 2 aliphatic rings. The normalized spacial score (nSPS) is 17.7. The van der Waals surface area contributed by atoms with Crippen LogP contribution in [0.1, 0.15) is 39.1 Å². The van der Waals surface area contributed by atoms with Gasteiger partial charge >= 0.3 is 0 Å². The Hall–Kier alpha value is -2.58. The highest BCUT2D eigenvalue weighted by Crippen LogP contribution is 2.44. The third-order valence-electron chi connectivity index (χ3n) is 5.91. The number of carbonyl (C=O) groups is 2. The van der Waals surface area contributed by atoms with E-state index < -0.39 is 4.92 Å². The molecule has 31 heavy (non-hydrogen) atoms. The van der Waals surface area contributed by atoms with Crippen molar-refractivity contribution < 1.29 is 14.5 Å². The first-order chi connectivity index (χ1) is 14.8. The van der Waals surface area contributed by atoms with Crippen LogP contribution in [0.5, 0.6) is 0 Å². The summed E-state index contributed by atoms with van der Waals surface area (Å²) in [6.07, 6.45) is 1.33. The number of carbonyl (C=O) groups excluding carboxylic acids is 2. The lowest BCUT2D eigenvalue weighted by molar-refractivity contribution is -0.384. The minimum atomic E-state index is -0.589. The van der Waals surface area contributed by atoms with E-state index in [1.165, 1.54) is 18.2 Å². The van der Waals surface area contributed by atoms with Crippen molar-refractivity contribution in [3.05, 3.63) is 74.3 Å². The summed E-state index contributed by atoms with van der Waals surface area (Å²) in [6, 6.07) is 11.7. The molecule has 7 nitrogen and oxygen atoms in total. The maximum absolute atomic E-state index is 13.2. The smallest absolute Gasteiger partial charge is 0.288 e. The van der Waals surface area contributed by atoms with E-state index in [4.69, 9.17) is 11.6 Å². The molecule has 0 atom stereocenters. The standard InChI is InChI=1S/C22H22ClN3O4S/c1-15-3-2-4-16(13-15)21(28)25-11-12-31-22(25)7-9-24(10-8-22)20(27)17-5-6-18(23)19(14-17)26(29)30/h2-6,13-14H,7-12H2,1H3. The molecule has 162 valence electrons. The molecule has 0 bridgehead atoms. The molecule has 0 N–H and O–H groups in total. The lowest BCUT2D eigenvalue weighted by Gasteiger charge is -2.44. The lowest BCUT2D eigenvalue weighted by atomic mass is 9.99. The average molecular weight is 460 g/mol. The monoisotopic (exact) mass is 459 g/mol. The summed E-state index contributed by atoms with van der Waals surface area (Å²) in [7, 11) is 0. The number of likely N-dealkylation sites (tertiary alicyclic amines) is 1. The molecule has 9 heteroatoms. The molecule has 0 unspecified atom stereocenters. The van der Waals surface area contributed by atoms with Gasteiger partial charge in [-0.3, -0.25) is 19.7 Å². The van der Waals surface area contributed by atoms with Gasteiger partial charge in [-0.25, -0.2) is 0 Å². The first-order valence-corrected chi connectivity index (χ1v) is 11.4. The van der Waals surface area contributed by atoms with Crippen molar-refractivity contribution in [2.75, 3.05) is 25.4 Å². The number of rotatable bonds is 3. The van der Waals surface area contributed by atoms with Gasteiger partial charge in [0.15, 0.2) is 0 Å².